The van der Waals surface area contributed by atoms with E-state index < -0.39 is 28.3 Å². The average molecular weight is 724 g/mol. The Kier molecular flexibility index (Phi) is 11.2. The number of sulfonamides is 1. The lowest BCUT2D eigenvalue weighted by Crippen LogP contribution is -2.64. The van der Waals surface area contributed by atoms with Crippen molar-refractivity contribution in [3.05, 3.63) is 180 Å². The standard InChI is InChI=1S/C45H45N3O4S/c49-45(50)47-32-31-42(48(39-26-11-4-12-27-39)53(51,52)43-30-16-25-38-24-13-14-28-40(38)43)41(29-15-23-35-17-5-1-6-18-35)44(47)46(33-36-19-7-2-8-20-36)34-37-21-9-3-10-22-37/h1-14,16-22,24-28,30,41-42,44H,15,23,29,31-34H2,(H,49,50)/t41?,42-,44-/m0/s1. The van der Waals surface area contributed by atoms with Gasteiger partial charge in [0.1, 0.15) is 0 Å². The molecule has 0 radical (unpaired) electrons. The monoisotopic (exact) mass is 723 g/mol. The van der Waals surface area contributed by atoms with E-state index in [0.29, 0.717) is 37.0 Å². The summed E-state index contributed by atoms with van der Waals surface area (Å²) in [5.74, 6) is -0.374. The molecule has 7 nitrogen and oxygen atoms in total. The molecule has 0 saturated carbocycles. The van der Waals surface area contributed by atoms with Crippen molar-refractivity contribution in [2.24, 2.45) is 5.92 Å². The molecule has 1 saturated heterocycles. The summed E-state index contributed by atoms with van der Waals surface area (Å²) in [5, 5.41) is 12.4. The summed E-state index contributed by atoms with van der Waals surface area (Å²) >= 11 is 0. The fourth-order valence-electron chi connectivity index (χ4n) is 8.03. The van der Waals surface area contributed by atoms with Gasteiger partial charge in [-0.15, -0.1) is 0 Å². The van der Waals surface area contributed by atoms with Crippen LogP contribution in [0.5, 0.6) is 0 Å². The first kappa shape index (κ1) is 35.9. The number of fused-ring (bicyclic) bond motifs is 1. The smallest absolute Gasteiger partial charge is 0.408 e. The predicted octanol–water partition coefficient (Wildman–Crippen LogP) is 9.46. The number of rotatable bonds is 13. The molecular formula is C45H45N3O4S. The van der Waals surface area contributed by atoms with E-state index in [-0.39, 0.29) is 17.4 Å². The summed E-state index contributed by atoms with van der Waals surface area (Å²) < 4.78 is 32.3. The lowest BCUT2D eigenvalue weighted by molar-refractivity contribution is -0.0355. The Morgan fingerprint density at radius 2 is 1.19 bits per heavy atom. The van der Waals surface area contributed by atoms with E-state index in [1.165, 1.54) is 5.56 Å². The van der Waals surface area contributed by atoms with Crippen LogP contribution >= 0.6 is 0 Å². The molecule has 3 atom stereocenters. The maximum atomic E-state index is 15.3. The van der Waals surface area contributed by atoms with Crippen molar-refractivity contribution >= 4 is 32.6 Å². The first-order valence-corrected chi connectivity index (χ1v) is 19.8. The van der Waals surface area contributed by atoms with E-state index in [9.17, 15) is 9.90 Å². The van der Waals surface area contributed by atoms with E-state index >= 15 is 8.42 Å². The van der Waals surface area contributed by atoms with Crippen molar-refractivity contribution in [3.63, 3.8) is 0 Å². The van der Waals surface area contributed by atoms with E-state index in [1.54, 1.807) is 21.3 Å². The first-order chi connectivity index (χ1) is 25.9. The quantitative estimate of drug-likeness (QED) is 0.128. The van der Waals surface area contributed by atoms with Gasteiger partial charge in [-0.25, -0.2) is 13.2 Å². The third-order valence-electron chi connectivity index (χ3n) is 10.4. The van der Waals surface area contributed by atoms with Gasteiger partial charge in [0.05, 0.1) is 22.8 Å². The molecule has 0 spiro atoms. The van der Waals surface area contributed by atoms with Gasteiger partial charge >= 0.3 is 6.09 Å². The third kappa shape index (κ3) is 8.14. The first-order valence-electron chi connectivity index (χ1n) is 18.3. The number of anilines is 1. The van der Waals surface area contributed by atoms with Crippen LogP contribution in [0.4, 0.5) is 10.5 Å². The number of carbonyl (C=O) groups is 1. The largest absolute Gasteiger partial charge is 0.465 e. The van der Waals surface area contributed by atoms with E-state index in [4.69, 9.17) is 0 Å². The molecule has 270 valence electrons. The Hall–Kier alpha value is -5.44. The molecular weight excluding hydrogens is 679 g/mol. The third-order valence-corrected chi connectivity index (χ3v) is 12.3. The minimum absolute atomic E-state index is 0.189. The maximum Gasteiger partial charge on any atom is 0.408 e. The van der Waals surface area contributed by atoms with Crippen molar-refractivity contribution in [1.82, 2.24) is 9.80 Å². The van der Waals surface area contributed by atoms with Crippen molar-refractivity contribution in [2.75, 3.05) is 10.8 Å². The van der Waals surface area contributed by atoms with Crippen molar-refractivity contribution in [1.29, 1.82) is 0 Å². The second-order valence-electron chi connectivity index (χ2n) is 13.8. The van der Waals surface area contributed by atoms with Crippen LogP contribution in [0.1, 0.15) is 36.0 Å². The van der Waals surface area contributed by atoms with Gasteiger partial charge in [0.25, 0.3) is 10.0 Å². The molecule has 1 unspecified atom stereocenters. The number of hydrogen-bond acceptors (Lipinski definition) is 4. The second kappa shape index (κ2) is 16.5. The van der Waals surface area contributed by atoms with Gasteiger partial charge < -0.3 is 5.11 Å². The lowest BCUT2D eigenvalue weighted by atomic mass is 9.83. The van der Waals surface area contributed by atoms with Gasteiger partial charge in [-0.05, 0) is 66.0 Å². The van der Waals surface area contributed by atoms with Crippen LogP contribution in [-0.4, -0.2) is 48.2 Å². The van der Waals surface area contributed by atoms with Crippen LogP contribution in [0.3, 0.4) is 0 Å². The zero-order valence-corrected chi connectivity index (χ0v) is 30.5. The molecule has 1 N–H and O–H groups in total. The van der Waals surface area contributed by atoms with Crippen LogP contribution in [0.2, 0.25) is 0 Å². The van der Waals surface area contributed by atoms with E-state index in [2.05, 4.69) is 41.3 Å². The van der Waals surface area contributed by atoms with Gasteiger partial charge in [-0.3, -0.25) is 14.1 Å². The molecule has 1 aliphatic heterocycles. The molecule has 6 aromatic rings. The summed E-state index contributed by atoms with van der Waals surface area (Å²) in [6.07, 6.45) is 0.899. The summed E-state index contributed by atoms with van der Waals surface area (Å²) in [6, 6.07) is 52.3. The highest BCUT2D eigenvalue weighted by Gasteiger charge is 2.48. The molecule has 1 amide bonds. The molecule has 1 fully saturated rings. The minimum atomic E-state index is -4.15. The molecule has 1 heterocycles. The Bertz CT molecular complexity index is 2160. The summed E-state index contributed by atoms with van der Waals surface area (Å²) in [4.78, 5) is 17.3. The number of para-hydroxylation sites is 1. The fraction of sp³-hybridized carbons (Fsp3) is 0.222. The Morgan fingerprint density at radius 1 is 0.660 bits per heavy atom. The Morgan fingerprint density at radius 3 is 1.79 bits per heavy atom. The van der Waals surface area contributed by atoms with Crippen molar-refractivity contribution in [3.8, 4) is 0 Å². The SMILES string of the molecule is O=C(O)N1CC[C@H](N(c2ccccc2)S(=O)(=O)c2cccc3ccccc23)C(CCCc2ccccc2)[C@H]1N(Cc1ccccc1)Cc1ccccc1. The minimum Gasteiger partial charge on any atom is -0.465 e. The van der Waals surface area contributed by atoms with Gasteiger partial charge in [-0.2, -0.15) is 0 Å². The zero-order chi connectivity index (χ0) is 36.6. The Labute approximate surface area is 312 Å². The molecule has 6 aromatic carbocycles. The topological polar surface area (TPSA) is 81.2 Å². The number of amides is 1. The van der Waals surface area contributed by atoms with Gasteiger partial charge in [0, 0.05) is 30.9 Å². The lowest BCUT2D eigenvalue weighted by Gasteiger charge is -2.52. The molecule has 0 aliphatic carbocycles. The number of likely N-dealkylation sites (tertiary alicyclic amines) is 1. The Balaban J connectivity index is 1.38. The molecule has 1 aliphatic rings. The van der Waals surface area contributed by atoms with E-state index in [0.717, 1.165) is 29.4 Å². The van der Waals surface area contributed by atoms with E-state index in [1.807, 2.05) is 115 Å². The molecule has 7 rings (SSSR count). The fourth-order valence-corrected chi connectivity index (χ4v) is 9.98. The summed E-state index contributed by atoms with van der Waals surface area (Å²) in [7, 11) is -4.15. The molecule has 53 heavy (non-hydrogen) atoms. The van der Waals surface area contributed by atoms with Gasteiger partial charge in [0.15, 0.2) is 0 Å². The van der Waals surface area contributed by atoms with Crippen LogP contribution in [-0.2, 0) is 29.5 Å². The highest BCUT2D eigenvalue weighted by Crippen LogP contribution is 2.41. The van der Waals surface area contributed by atoms with Crippen LogP contribution in [0, 0.1) is 5.92 Å². The maximum absolute atomic E-state index is 15.3. The highest BCUT2D eigenvalue weighted by molar-refractivity contribution is 7.93. The summed E-state index contributed by atoms with van der Waals surface area (Å²) in [5.41, 5.74) is 3.88. The van der Waals surface area contributed by atoms with Crippen molar-refractivity contribution in [2.45, 2.75) is 55.9 Å². The van der Waals surface area contributed by atoms with Crippen LogP contribution < -0.4 is 4.31 Å². The average Bonchev–Trinajstić information content (AvgIpc) is 3.19. The number of hydrogen-bond donors (Lipinski definition) is 1. The number of aryl methyl sites for hydroxylation is 1. The highest BCUT2D eigenvalue weighted by atomic mass is 32.2. The van der Waals surface area contributed by atoms with Gasteiger partial charge in [0.2, 0.25) is 0 Å². The molecule has 0 aromatic heterocycles. The molecule has 8 heteroatoms. The van der Waals surface area contributed by atoms with Crippen LogP contribution in [0.15, 0.2) is 169 Å². The molecule has 0 bridgehead atoms. The number of carboxylic acid groups (broad SMARTS) is 1. The van der Waals surface area contributed by atoms with Crippen molar-refractivity contribution < 1.29 is 18.3 Å². The van der Waals surface area contributed by atoms with Gasteiger partial charge in [-0.1, -0.05) is 146 Å². The number of piperidine rings is 1. The second-order valence-corrected chi connectivity index (χ2v) is 15.6. The zero-order valence-electron chi connectivity index (χ0n) is 29.7. The normalized spacial score (nSPS) is 17.5. The number of benzene rings is 6. The number of nitrogens with zero attached hydrogens (tertiary/aromatic N) is 3. The summed E-state index contributed by atoms with van der Waals surface area (Å²) in [6.45, 7) is 1.18. The predicted molar refractivity (Wildman–Crippen MR) is 212 cm³/mol. The van der Waals surface area contributed by atoms with Crippen LogP contribution in [0.25, 0.3) is 10.8 Å².